The van der Waals surface area contributed by atoms with E-state index >= 15 is 0 Å². The Labute approximate surface area is 121 Å². The third kappa shape index (κ3) is 2.92. The van der Waals surface area contributed by atoms with Gasteiger partial charge in [0.05, 0.1) is 5.41 Å². The van der Waals surface area contributed by atoms with Gasteiger partial charge in [0.15, 0.2) is 0 Å². The SMILES string of the molecule is [C-]#[N+]C1CC12CCN(c1ccc(OC(F)(F)F)cc1)CC2. The molecule has 1 aromatic carbocycles. The number of ether oxygens (including phenoxy) is 1. The molecule has 1 aliphatic heterocycles. The lowest BCUT2D eigenvalue weighted by Crippen LogP contribution is -2.35. The molecule has 0 N–H and O–H groups in total. The van der Waals surface area contributed by atoms with Crippen LogP contribution in [0.4, 0.5) is 18.9 Å². The van der Waals surface area contributed by atoms with Crippen molar-refractivity contribution >= 4 is 5.69 Å². The highest BCUT2D eigenvalue weighted by molar-refractivity contribution is 5.49. The van der Waals surface area contributed by atoms with Crippen molar-refractivity contribution < 1.29 is 17.9 Å². The van der Waals surface area contributed by atoms with Crippen LogP contribution in [0.1, 0.15) is 19.3 Å². The molecule has 1 saturated heterocycles. The minimum Gasteiger partial charge on any atom is -0.406 e. The van der Waals surface area contributed by atoms with Crippen LogP contribution in [0.2, 0.25) is 0 Å². The number of halogens is 3. The molecule has 0 aromatic heterocycles. The summed E-state index contributed by atoms with van der Waals surface area (Å²) in [6.07, 6.45) is -1.68. The van der Waals surface area contributed by atoms with Crippen molar-refractivity contribution in [1.82, 2.24) is 0 Å². The summed E-state index contributed by atoms with van der Waals surface area (Å²) in [5.74, 6) is -0.199. The van der Waals surface area contributed by atoms with E-state index < -0.39 is 6.36 Å². The zero-order chi connectivity index (χ0) is 15.1. The molecule has 3 nitrogen and oxygen atoms in total. The molecular formula is C15H15F3N2O. The summed E-state index contributed by atoms with van der Waals surface area (Å²) in [7, 11) is 0. The number of piperidine rings is 1. The Morgan fingerprint density at radius 2 is 1.81 bits per heavy atom. The van der Waals surface area contributed by atoms with Crippen LogP contribution in [-0.2, 0) is 0 Å². The van der Waals surface area contributed by atoms with Gasteiger partial charge in [0.1, 0.15) is 5.75 Å². The molecule has 0 amide bonds. The summed E-state index contributed by atoms with van der Waals surface area (Å²) in [5.41, 5.74) is 1.12. The van der Waals surface area contributed by atoms with Crippen molar-refractivity contribution in [2.24, 2.45) is 5.41 Å². The van der Waals surface area contributed by atoms with Gasteiger partial charge in [-0.1, -0.05) is 0 Å². The summed E-state index contributed by atoms with van der Waals surface area (Å²) < 4.78 is 40.2. The molecule has 1 heterocycles. The number of nitrogens with zero attached hydrogens (tertiary/aromatic N) is 2. The van der Waals surface area contributed by atoms with E-state index in [0.717, 1.165) is 38.0 Å². The maximum Gasteiger partial charge on any atom is 0.573 e. The summed E-state index contributed by atoms with van der Waals surface area (Å²) >= 11 is 0. The molecule has 0 radical (unpaired) electrons. The van der Waals surface area contributed by atoms with Gasteiger partial charge >= 0.3 is 6.36 Å². The summed E-state index contributed by atoms with van der Waals surface area (Å²) in [5, 5.41) is 0. The van der Waals surface area contributed by atoms with Gasteiger partial charge in [-0.3, -0.25) is 0 Å². The van der Waals surface area contributed by atoms with E-state index in [1.165, 1.54) is 12.1 Å². The van der Waals surface area contributed by atoms with Crippen LogP contribution in [0.5, 0.6) is 5.75 Å². The first-order valence-corrected chi connectivity index (χ1v) is 6.89. The predicted molar refractivity (Wildman–Crippen MR) is 72.0 cm³/mol. The quantitative estimate of drug-likeness (QED) is 0.771. The fraction of sp³-hybridized carbons (Fsp3) is 0.533. The first-order chi connectivity index (χ1) is 9.92. The number of anilines is 1. The number of rotatable bonds is 2. The van der Waals surface area contributed by atoms with E-state index in [1.54, 1.807) is 12.1 Å². The van der Waals surface area contributed by atoms with E-state index in [0.29, 0.717) is 0 Å². The molecule has 1 atom stereocenters. The van der Waals surface area contributed by atoms with Gasteiger partial charge in [0.25, 0.3) is 0 Å². The monoisotopic (exact) mass is 296 g/mol. The molecule has 1 aliphatic carbocycles. The molecule has 3 rings (SSSR count). The summed E-state index contributed by atoms with van der Waals surface area (Å²) in [6.45, 7) is 8.80. The molecule has 1 aromatic rings. The topological polar surface area (TPSA) is 16.8 Å². The minimum atomic E-state index is -4.65. The lowest BCUT2D eigenvalue weighted by Gasteiger charge is -2.33. The highest BCUT2D eigenvalue weighted by Crippen LogP contribution is 2.56. The van der Waals surface area contributed by atoms with Crippen LogP contribution in [0.25, 0.3) is 4.85 Å². The molecule has 6 heteroatoms. The van der Waals surface area contributed by atoms with E-state index in [9.17, 15) is 13.2 Å². The standard InChI is InChI=1S/C15H15F3N2O/c1-19-13-10-14(13)6-8-20(9-7-14)11-2-4-12(5-3-11)21-15(16,17)18/h2-5,13H,6-10H2. The molecule has 2 fully saturated rings. The normalized spacial score (nSPS) is 23.7. The Kier molecular flexibility index (Phi) is 3.23. The summed E-state index contributed by atoms with van der Waals surface area (Å²) in [4.78, 5) is 5.78. The van der Waals surface area contributed by atoms with Crippen molar-refractivity contribution in [2.45, 2.75) is 31.7 Å². The van der Waals surface area contributed by atoms with E-state index in [1.807, 2.05) is 0 Å². The smallest absolute Gasteiger partial charge is 0.406 e. The average Bonchev–Trinajstić information content (AvgIpc) is 3.12. The number of hydrogen-bond acceptors (Lipinski definition) is 2. The second-order valence-electron chi connectivity index (χ2n) is 5.74. The second-order valence-corrected chi connectivity index (χ2v) is 5.74. The Morgan fingerprint density at radius 3 is 2.29 bits per heavy atom. The van der Waals surface area contributed by atoms with Crippen LogP contribution in [-0.4, -0.2) is 25.5 Å². The molecule has 1 unspecified atom stereocenters. The largest absolute Gasteiger partial charge is 0.573 e. The van der Waals surface area contributed by atoms with Crippen molar-refractivity contribution in [3.8, 4) is 5.75 Å². The van der Waals surface area contributed by atoms with Crippen molar-refractivity contribution in [2.75, 3.05) is 18.0 Å². The van der Waals surface area contributed by atoms with Gasteiger partial charge in [0.2, 0.25) is 6.04 Å². The van der Waals surface area contributed by atoms with Crippen molar-refractivity contribution in [3.63, 3.8) is 0 Å². The molecule has 21 heavy (non-hydrogen) atoms. The lowest BCUT2D eigenvalue weighted by atomic mass is 9.92. The molecular weight excluding hydrogens is 281 g/mol. The van der Waals surface area contributed by atoms with Gasteiger partial charge in [0, 0.05) is 25.2 Å². The average molecular weight is 296 g/mol. The Balaban J connectivity index is 1.60. The van der Waals surface area contributed by atoms with Gasteiger partial charge in [-0.05, 0) is 37.1 Å². The third-order valence-corrected chi connectivity index (χ3v) is 4.50. The van der Waals surface area contributed by atoms with Gasteiger partial charge < -0.3 is 14.5 Å². The van der Waals surface area contributed by atoms with Crippen LogP contribution in [0, 0.1) is 12.0 Å². The van der Waals surface area contributed by atoms with Gasteiger partial charge in [-0.15, -0.1) is 13.2 Å². The number of benzene rings is 1. The van der Waals surface area contributed by atoms with Crippen molar-refractivity contribution in [3.05, 3.63) is 35.7 Å². The first-order valence-electron chi connectivity index (χ1n) is 6.89. The predicted octanol–water partition coefficient (Wildman–Crippen LogP) is 3.86. The van der Waals surface area contributed by atoms with E-state index in [-0.39, 0.29) is 17.2 Å². The first kappa shape index (κ1) is 14.1. The fourth-order valence-corrected chi connectivity index (χ4v) is 3.11. The number of hydrogen-bond donors (Lipinski definition) is 0. The van der Waals surface area contributed by atoms with Crippen LogP contribution >= 0.6 is 0 Å². The van der Waals surface area contributed by atoms with Gasteiger partial charge in [-0.2, -0.15) is 0 Å². The van der Waals surface area contributed by atoms with E-state index in [4.69, 9.17) is 6.57 Å². The lowest BCUT2D eigenvalue weighted by molar-refractivity contribution is -0.274. The van der Waals surface area contributed by atoms with Crippen LogP contribution < -0.4 is 9.64 Å². The molecule has 2 aliphatic rings. The maximum atomic E-state index is 12.1. The maximum absolute atomic E-state index is 12.1. The Morgan fingerprint density at radius 1 is 1.19 bits per heavy atom. The summed E-state index contributed by atoms with van der Waals surface area (Å²) in [6, 6.07) is 6.16. The van der Waals surface area contributed by atoms with Gasteiger partial charge in [-0.25, -0.2) is 6.57 Å². The van der Waals surface area contributed by atoms with E-state index in [2.05, 4.69) is 14.5 Å². The fourth-order valence-electron chi connectivity index (χ4n) is 3.11. The zero-order valence-corrected chi connectivity index (χ0v) is 11.4. The zero-order valence-electron chi connectivity index (χ0n) is 11.4. The highest BCUT2D eigenvalue weighted by atomic mass is 19.4. The van der Waals surface area contributed by atoms with Crippen LogP contribution in [0.15, 0.2) is 24.3 Å². The Bertz CT molecular complexity index is 554. The van der Waals surface area contributed by atoms with Crippen molar-refractivity contribution in [1.29, 1.82) is 0 Å². The number of alkyl halides is 3. The third-order valence-electron chi connectivity index (χ3n) is 4.50. The molecule has 0 bridgehead atoms. The molecule has 112 valence electrons. The Hall–Kier alpha value is -1.90. The second kappa shape index (κ2) is 4.83. The van der Waals surface area contributed by atoms with Crippen LogP contribution in [0.3, 0.4) is 0 Å². The molecule has 1 spiro atoms. The molecule has 1 saturated carbocycles. The minimum absolute atomic E-state index is 0.183. The highest BCUT2D eigenvalue weighted by Gasteiger charge is 2.61.